The van der Waals surface area contributed by atoms with Gasteiger partial charge in [0.2, 0.25) is 0 Å². The van der Waals surface area contributed by atoms with Gasteiger partial charge in [-0.25, -0.2) is 0 Å². The molecule has 1 aliphatic heterocycles. The Bertz CT molecular complexity index is 376. The van der Waals surface area contributed by atoms with E-state index in [4.69, 9.17) is 5.73 Å². The molecule has 88 valence electrons. The van der Waals surface area contributed by atoms with Crippen molar-refractivity contribution < 1.29 is 5.11 Å². The third-order valence-corrected chi connectivity index (χ3v) is 3.29. The maximum absolute atomic E-state index is 9.93. The number of nitrogens with two attached hydrogens (primary N) is 1. The van der Waals surface area contributed by atoms with Gasteiger partial charge in [-0.15, -0.1) is 0 Å². The number of rotatable bonds is 2. The summed E-state index contributed by atoms with van der Waals surface area (Å²) >= 11 is 0. The van der Waals surface area contributed by atoms with Crippen molar-refractivity contribution >= 4 is 5.69 Å². The van der Waals surface area contributed by atoms with E-state index in [0.717, 1.165) is 18.5 Å². The van der Waals surface area contributed by atoms with Crippen molar-refractivity contribution in [3.63, 3.8) is 0 Å². The second-order valence-electron chi connectivity index (χ2n) is 4.72. The summed E-state index contributed by atoms with van der Waals surface area (Å²) < 4.78 is 0. The van der Waals surface area contributed by atoms with Crippen LogP contribution in [0.1, 0.15) is 30.6 Å². The Kier molecular flexibility index (Phi) is 3.17. The molecule has 1 aromatic carbocycles. The summed E-state index contributed by atoms with van der Waals surface area (Å²) in [5, 5.41) is 9.93. The van der Waals surface area contributed by atoms with Crippen molar-refractivity contribution in [2.75, 3.05) is 18.5 Å². The van der Waals surface area contributed by atoms with Crippen LogP contribution >= 0.6 is 0 Å². The highest BCUT2D eigenvalue weighted by molar-refractivity contribution is 5.56. The highest BCUT2D eigenvalue weighted by Gasteiger charge is 2.17. The molecule has 2 unspecified atom stereocenters. The zero-order valence-corrected chi connectivity index (χ0v) is 9.98. The molecular weight excluding hydrogens is 200 g/mol. The summed E-state index contributed by atoms with van der Waals surface area (Å²) in [5.74, 6) is 0. The summed E-state index contributed by atoms with van der Waals surface area (Å²) in [6.45, 7) is 2.94. The van der Waals surface area contributed by atoms with Gasteiger partial charge >= 0.3 is 0 Å². The summed E-state index contributed by atoms with van der Waals surface area (Å²) in [7, 11) is 2.11. The van der Waals surface area contributed by atoms with Crippen LogP contribution in [0.15, 0.2) is 18.2 Å². The molecule has 1 aliphatic rings. The number of aryl methyl sites for hydroxylation is 1. The smallest absolute Gasteiger partial charge is 0.0938 e. The molecule has 16 heavy (non-hydrogen) atoms. The van der Waals surface area contributed by atoms with E-state index in [2.05, 4.69) is 24.1 Å². The van der Waals surface area contributed by atoms with Gasteiger partial charge in [0.25, 0.3) is 0 Å². The van der Waals surface area contributed by atoms with Gasteiger partial charge in [0.15, 0.2) is 0 Å². The molecule has 0 saturated heterocycles. The fourth-order valence-corrected chi connectivity index (χ4v) is 2.29. The molecule has 1 heterocycles. The molecule has 3 nitrogen and oxygen atoms in total. The van der Waals surface area contributed by atoms with Crippen molar-refractivity contribution in [1.82, 2.24) is 0 Å². The highest BCUT2D eigenvalue weighted by atomic mass is 16.3. The Balaban J connectivity index is 2.32. The summed E-state index contributed by atoms with van der Waals surface area (Å²) in [5.41, 5.74) is 9.25. The van der Waals surface area contributed by atoms with E-state index in [9.17, 15) is 5.11 Å². The van der Waals surface area contributed by atoms with Gasteiger partial charge < -0.3 is 15.7 Å². The molecule has 3 heteroatoms. The maximum atomic E-state index is 9.93. The normalized spacial score (nSPS) is 19.1. The lowest BCUT2D eigenvalue weighted by Gasteiger charge is -2.28. The van der Waals surface area contributed by atoms with Crippen LogP contribution in [0.4, 0.5) is 5.69 Å². The second kappa shape index (κ2) is 4.44. The van der Waals surface area contributed by atoms with Crippen LogP contribution in [-0.2, 0) is 6.42 Å². The Labute approximate surface area is 96.9 Å². The molecule has 0 saturated carbocycles. The van der Waals surface area contributed by atoms with E-state index in [-0.39, 0.29) is 6.04 Å². The third kappa shape index (κ3) is 2.06. The van der Waals surface area contributed by atoms with Crippen molar-refractivity contribution in [1.29, 1.82) is 0 Å². The Morgan fingerprint density at radius 3 is 2.88 bits per heavy atom. The van der Waals surface area contributed by atoms with Crippen LogP contribution < -0.4 is 10.6 Å². The Morgan fingerprint density at radius 2 is 2.19 bits per heavy atom. The first-order chi connectivity index (χ1) is 7.59. The number of aliphatic hydroxyl groups excluding tert-OH is 1. The molecule has 2 rings (SSSR count). The predicted octanol–water partition coefficient (Wildman–Crippen LogP) is 1.45. The van der Waals surface area contributed by atoms with Gasteiger partial charge in [-0.1, -0.05) is 12.1 Å². The Morgan fingerprint density at radius 1 is 1.44 bits per heavy atom. The largest absolute Gasteiger partial charge is 0.387 e. The highest BCUT2D eigenvalue weighted by Crippen LogP contribution is 2.29. The fourth-order valence-electron chi connectivity index (χ4n) is 2.29. The standard InChI is InChI=1S/C13H20N2O/c1-9(14)13(16)11-5-6-12-10(8-11)4-3-7-15(12)2/h5-6,8-9,13,16H,3-4,7,14H2,1-2H3. The molecule has 0 fully saturated rings. The van der Waals surface area contributed by atoms with E-state index < -0.39 is 6.10 Å². The van der Waals surface area contributed by atoms with Gasteiger partial charge in [-0.05, 0) is 37.0 Å². The fraction of sp³-hybridized carbons (Fsp3) is 0.538. The first-order valence-corrected chi connectivity index (χ1v) is 5.87. The van der Waals surface area contributed by atoms with Gasteiger partial charge in [-0.3, -0.25) is 0 Å². The topological polar surface area (TPSA) is 49.5 Å². The third-order valence-electron chi connectivity index (χ3n) is 3.29. The summed E-state index contributed by atoms with van der Waals surface area (Å²) in [4.78, 5) is 2.26. The van der Waals surface area contributed by atoms with E-state index >= 15 is 0 Å². The molecule has 0 radical (unpaired) electrons. The second-order valence-corrected chi connectivity index (χ2v) is 4.72. The zero-order valence-electron chi connectivity index (χ0n) is 9.98. The number of fused-ring (bicyclic) bond motifs is 1. The molecule has 1 aromatic rings. The van der Waals surface area contributed by atoms with Crippen LogP contribution in [0.2, 0.25) is 0 Å². The number of anilines is 1. The zero-order chi connectivity index (χ0) is 11.7. The maximum Gasteiger partial charge on any atom is 0.0938 e. The lowest BCUT2D eigenvalue weighted by Crippen LogP contribution is -2.26. The first kappa shape index (κ1) is 11.4. The monoisotopic (exact) mass is 220 g/mol. The molecule has 3 N–H and O–H groups in total. The quantitative estimate of drug-likeness (QED) is 0.793. The van der Waals surface area contributed by atoms with Crippen LogP contribution in [0.25, 0.3) is 0 Å². The minimum Gasteiger partial charge on any atom is -0.387 e. The van der Waals surface area contributed by atoms with E-state index in [1.807, 2.05) is 13.0 Å². The van der Waals surface area contributed by atoms with Gasteiger partial charge in [-0.2, -0.15) is 0 Å². The molecule has 2 atom stereocenters. The van der Waals surface area contributed by atoms with Crippen LogP contribution in [0, 0.1) is 0 Å². The lowest BCUT2D eigenvalue weighted by molar-refractivity contribution is 0.153. The SMILES string of the molecule is CC(N)C(O)c1ccc2c(c1)CCCN2C. The van der Waals surface area contributed by atoms with Gasteiger partial charge in [0.05, 0.1) is 6.10 Å². The molecule has 0 spiro atoms. The average molecular weight is 220 g/mol. The number of hydrogen-bond donors (Lipinski definition) is 2. The average Bonchev–Trinajstić information content (AvgIpc) is 2.28. The van der Waals surface area contributed by atoms with E-state index in [1.165, 1.54) is 17.7 Å². The summed E-state index contributed by atoms with van der Waals surface area (Å²) in [6, 6.07) is 5.95. The Hall–Kier alpha value is -1.06. The number of aliphatic hydroxyl groups is 1. The number of benzene rings is 1. The predicted molar refractivity (Wildman–Crippen MR) is 66.6 cm³/mol. The molecule has 0 aromatic heterocycles. The first-order valence-electron chi connectivity index (χ1n) is 5.87. The van der Waals surface area contributed by atoms with E-state index in [1.54, 1.807) is 0 Å². The van der Waals surface area contributed by atoms with Crippen molar-refractivity contribution in [3.8, 4) is 0 Å². The van der Waals surface area contributed by atoms with Crippen molar-refractivity contribution in [2.24, 2.45) is 5.73 Å². The van der Waals surface area contributed by atoms with Crippen LogP contribution in [-0.4, -0.2) is 24.7 Å². The number of hydrogen-bond acceptors (Lipinski definition) is 3. The number of nitrogens with zero attached hydrogens (tertiary/aromatic N) is 1. The van der Waals surface area contributed by atoms with Crippen LogP contribution in [0.3, 0.4) is 0 Å². The van der Waals surface area contributed by atoms with Crippen LogP contribution in [0.5, 0.6) is 0 Å². The molecule has 0 amide bonds. The van der Waals surface area contributed by atoms with Gasteiger partial charge in [0.1, 0.15) is 0 Å². The molecule has 0 bridgehead atoms. The van der Waals surface area contributed by atoms with Crippen molar-refractivity contribution in [3.05, 3.63) is 29.3 Å². The lowest BCUT2D eigenvalue weighted by atomic mass is 9.96. The molecular formula is C13H20N2O. The minimum atomic E-state index is -0.558. The minimum absolute atomic E-state index is 0.223. The summed E-state index contributed by atoms with van der Waals surface area (Å²) in [6.07, 6.45) is 1.72. The molecule has 0 aliphatic carbocycles. The van der Waals surface area contributed by atoms with Gasteiger partial charge in [0, 0.05) is 25.3 Å². The van der Waals surface area contributed by atoms with E-state index in [0.29, 0.717) is 0 Å². The van der Waals surface area contributed by atoms with Crippen molar-refractivity contribution in [2.45, 2.75) is 31.9 Å².